The van der Waals surface area contributed by atoms with Crippen LogP contribution >= 0.6 is 50.4 Å². The number of nitrogens with zero attached hydrogens (tertiary/aromatic N) is 1. The van der Waals surface area contributed by atoms with Crippen LogP contribution in [0.2, 0.25) is 0 Å². The monoisotopic (exact) mass is 558 g/mol. The Morgan fingerprint density at radius 1 is 1.03 bits per heavy atom. The number of ether oxygens (including phenoxy) is 1. The fourth-order valence-corrected chi connectivity index (χ4v) is 5.93. The smallest absolute Gasteiger partial charge is 0.341 e. The molecule has 0 saturated heterocycles. The van der Waals surface area contributed by atoms with Crippen LogP contribution in [0.15, 0.2) is 74.2 Å². The molecule has 2 heterocycles. The van der Waals surface area contributed by atoms with Crippen LogP contribution in [-0.2, 0) is 9.53 Å². The van der Waals surface area contributed by atoms with Gasteiger partial charge in [-0.2, -0.15) is 0 Å². The number of carbonyl (C=O) groups is 2. The fourth-order valence-electron chi connectivity index (χ4n) is 3.05. The Bertz CT molecular complexity index is 1250. The second-order valence-corrected chi connectivity index (χ2v) is 10.7. The van der Waals surface area contributed by atoms with Crippen molar-refractivity contribution in [3.8, 4) is 22.4 Å². The van der Waals surface area contributed by atoms with Crippen LogP contribution in [0.25, 0.3) is 22.4 Å². The van der Waals surface area contributed by atoms with E-state index in [1.807, 2.05) is 65.4 Å². The number of hydrogen-bond acceptors (Lipinski definition) is 7. The summed E-state index contributed by atoms with van der Waals surface area (Å²) in [4.78, 5) is 29.9. The largest absolute Gasteiger partial charge is 0.462 e. The highest BCUT2D eigenvalue weighted by molar-refractivity contribution is 9.10. The molecule has 0 saturated carbocycles. The van der Waals surface area contributed by atoms with Crippen molar-refractivity contribution >= 4 is 67.2 Å². The number of halogens is 1. The second-order valence-electron chi connectivity index (χ2n) is 6.78. The van der Waals surface area contributed by atoms with Gasteiger partial charge in [0.2, 0.25) is 5.91 Å². The van der Waals surface area contributed by atoms with Gasteiger partial charge in [-0.25, -0.2) is 9.78 Å². The summed E-state index contributed by atoms with van der Waals surface area (Å²) < 4.78 is 7.07. The van der Waals surface area contributed by atoms with Crippen molar-refractivity contribution in [2.45, 2.75) is 11.3 Å². The van der Waals surface area contributed by atoms with Crippen LogP contribution in [-0.4, -0.2) is 29.2 Å². The summed E-state index contributed by atoms with van der Waals surface area (Å²) in [5.41, 5.74) is 3.94. The maximum Gasteiger partial charge on any atom is 0.341 e. The van der Waals surface area contributed by atoms with Crippen molar-refractivity contribution in [3.63, 3.8) is 0 Å². The normalized spacial score (nSPS) is 10.7. The zero-order valence-electron chi connectivity index (χ0n) is 17.5. The lowest BCUT2D eigenvalue weighted by Gasteiger charge is -2.08. The molecule has 2 aromatic carbocycles. The van der Waals surface area contributed by atoms with Gasteiger partial charge in [0.1, 0.15) is 10.6 Å². The summed E-state index contributed by atoms with van der Waals surface area (Å²) in [5, 5.41) is 7.23. The van der Waals surface area contributed by atoms with Crippen molar-refractivity contribution in [2.75, 3.05) is 17.7 Å². The first kappa shape index (κ1) is 23.7. The first-order valence-electron chi connectivity index (χ1n) is 10.0. The average Bonchev–Trinajstić information content (AvgIpc) is 3.46. The van der Waals surface area contributed by atoms with Gasteiger partial charge >= 0.3 is 5.97 Å². The summed E-state index contributed by atoms with van der Waals surface area (Å²) >= 11 is 7.62. The molecule has 9 heteroatoms. The van der Waals surface area contributed by atoms with Gasteiger partial charge in [-0.1, -0.05) is 70.2 Å². The van der Waals surface area contributed by atoms with Crippen LogP contribution in [0.4, 0.5) is 5.00 Å². The lowest BCUT2D eigenvalue weighted by Crippen LogP contribution is -2.16. The first-order valence-corrected chi connectivity index (χ1v) is 13.6. The third-order valence-electron chi connectivity index (χ3n) is 4.56. The number of hydrogen-bond donors (Lipinski definition) is 1. The van der Waals surface area contributed by atoms with E-state index in [2.05, 4.69) is 26.2 Å². The zero-order chi connectivity index (χ0) is 23.2. The molecule has 1 N–H and O–H groups in total. The molecule has 168 valence electrons. The predicted octanol–water partition coefficient (Wildman–Crippen LogP) is 7.21. The number of thiophene rings is 1. The predicted molar refractivity (Wildman–Crippen MR) is 140 cm³/mol. The number of aromatic nitrogens is 1. The number of carbonyl (C=O) groups excluding carboxylic acids is 2. The molecule has 33 heavy (non-hydrogen) atoms. The molecule has 0 aliphatic carbocycles. The Labute approximate surface area is 212 Å². The van der Waals surface area contributed by atoms with E-state index in [4.69, 9.17) is 4.74 Å². The van der Waals surface area contributed by atoms with Gasteiger partial charge in [-0.05, 0) is 24.6 Å². The van der Waals surface area contributed by atoms with Crippen molar-refractivity contribution < 1.29 is 14.3 Å². The molecule has 0 atom stereocenters. The van der Waals surface area contributed by atoms with Gasteiger partial charge in [0.05, 0.1) is 18.1 Å². The van der Waals surface area contributed by atoms with E-state index in [1.54, 1.807) is 6.92 Å². The quantitative estimate of drug-likeness (QED) is 0.183. The number of esters is 1. The van der Waals surface area contributed by atoms with E-state index < -0.39 is 5.97 Å². The maximum atomic E-state index is 12.7. The molecule has 0 unspecified atom stereocenters. The van der Waals surface area contributed by atoms with E-state index >= 15 is 0 Å². The fraction of sp³-hybridized carbons (Fsp3) is 0.125. The SMILES string of the molecule is CCOC(=O)c1c(-c2ccccc2)csc1NC(=O)CSc1nc(-c2ccc(Br)cc2)cs1. The third kappa shape index (κ3) is 5.92. The van der Waals surface area contributed by atoms with Gasteiger partial charge < -0.3 is 10.1 Å². The summed E-state index contributed by atoms with van der Waals surface area (Å²) in [6.07, 6.45) is 0. The summed E-state index contributed by atoms with van der Waals surface area (Å²) in [5.74, 6) is -0.458. The number of amides is 1. The number of thioether (sulfide) groups is 1. The van der Waals surface area contributed by atoms with E-state index in [1.165, 1.54) is 34.4 Å². The highest BCUT2D eigenvalue weighted by Crippen LogP contribution is 2.36. The van der Waals surface area contributed by atoms with Crippen molar-refractivity contribution in [1.82, 2.24) is 4.98 Å². The summed E-state index contributed by atoms with van der Waals surface area (Å²) in [7, 11) is 0. The molecule has 0 aliphatic rings. The topological polar surface area (TPSA) is 68.3 Å². The van der Waals surface area contributed by atoms with Crippen molar-refractivity contribution in [2.24, 2.45) is 0 Å². The van der Waals surface area contributed by atoms with E-state index in [0.29, 0.717) is 10.6 Å². The molecule has 0 radical (unpaired) electrons. The van der Waals surface area contributed by atoms with E-state index in [9.17, 15) is 9.59 Å². The molecule has 0 spiro atoms. The lowest BCUT2D eigenvalue weighted by molar-refractivity contribution is -0.113. The highest BCUT2D eigenvalue weighted by atomic mass is 79.9. The molecular weight excluding hydrogens is 540 g/mol. The second kappa shape index (κ2) is 11.1. The number of rotatable bonds is 8. The molecule has 0 bridgehead atoms. The van der Waals surface area contributed by atoms with Gasteiger partial charge in [0, 0.05) is 26.4 Å². The van der Waals surface area contributed by atoms with Gasteiger partial charge in [-0.15, -0.1) is 22.7 Å². The van der Waals surface area contributed by atoms with Crippen molar-refractivity contribution in [1.29, 1.82) is 0 Å². The molecule has 5 nitrogen and oxygen atoms in total. The Morgan fingerprint density at radius 3 is 2.52 bits per heavy atom. The Morgan fingerprint density at radius 2 is 1.79 bits per heavy atom. The minimum Gasteiger partial charge on any atom is -0.462 e. The minimum atomic E-state index is -0.445. The first-order chi connectivity index (χ1) is 16.0. The summed E-state index contributed by atoms with van der Waals surface area (Å²) in [6, 6.07) is 17.5. The lowest BCUT2D eigenvalue weighted by atomic mass is 10.0. The molecule has 1 amide bonds. The van der Waals surface area contributed by atoms with Gasteiger partial charge in [0.25, 0.3) is 0 Å². The number of nitrogens with one attached hydrogen (secondary N) is 1. The molecular formula is C24H19BrN2O3S3. The molecule has 2 aromatic heterocycles. The molecule has 0 aliphatic heterocycles. The average molecular weight is 560 g/mol. The van der Waals surface area contributed by atoms with Gasteiger partial charge in [-0.3, -0.25) is 4.79 Å². The van der Waals surface area contributed by atoms with Crippen LogP contribution in [0.3, 0.4) is 0 Å². The molecule has 4 rings (SSSR count). The molecule has 0 fully saturated rings. The summed E-state index contributed by atoms with van der Waals surface area (Å²) in [6.45, 7) is 2.02. The third-order valence-corrected chi connectivity index (χ3v) is 8.00. The van der Waals surface area contributed by atoms with Crippen LogP contribution in [0, 0.1) is 0 Å². The molecule has 4 aromatic rings. The number of benzene rings is 2. The standard InChI is InChI=1S/C24H19BrN2O3S3/c1-2-30-23(29)21-18(15-6-4-3-5-7-15)12-31-22(21)27-20(28)14-33-24-26-19(13-32-24)16-8-10-17(25)11-9-16/h3-13H,2,14H2,1H3,(H,27,28). The van der Waals surface area contributed by atoms with Crippen LogP contribution in [0.1, 0.15) is 17.3 Å². The van der Waals surface area contributed by atoms with E-state index in [0.717, 1.165) is 31.2 Å². The minimum absolute atomic E-state index is 0.189. The van der Waals surface area contributed by atoms with Crippen molar-refractivity contribution in [3.05, 3.63) is 75.4 Å². The van der Waals surface area contributed by atoms with Crippen LogP contribution < -0.4 is 5.32 Å². The van der Waals surface area contributed by atoms with E-state index in [-0.39, 0.29) is 18.3 Å². The zero-order valence-corrected chi connectivity index (χ0v) is 21.6. The Balaban J connectivity index is 1.45. The van der Waals surface area contributed by atoms with Gasteiger partial charge in [0.15, 0.2) is 4.34 Å². The maximum absolute atomic E-state index is 12.7. The van der Waals surface area contributed by atoms with Crippen LogP contribution in [0.5, 0.6) is 0 Å². The highest BCUT2D eigenvalue weighted by Gasteiger charge is 2.23. The number of thiazole rings is 1. The Kier molecular flexibility index (Phi) is 7.97. The number of anilines is 1. The Hall–Kier alpha value is -2.46.